The van der Waals surface area contributed by atoms with Crippen molar-refractivity contribution in [3.63, 3.8) is 0 Å². The molecule has 0 aromatic carbocycles. The third kappa shape index (κ3) is 357. The minimum atomic E-state index is -1.94. The van der Waals surface area contributed by atoms with Crippen LogP contribution in [-0.4, -0.2) is 125 Å². The van der Waals surface area contributed by atoms with Crippen LogP contribution in [0.15, 0.2) is 0 Å². The summed E-state index contributed by atoms with van der Waals surface area (Å²) < 4.78 is 0. The van der Waals surface area contributed by atoms with Crippen molar-refractivity contribution in [2.24, 2.45) is 0 Å². The summed E-state index contributed by atoms with van der Waals surface area (Å²) in [5, 5.41) is 78.8. The first-order valence-corrected chi connectivity index (χ1v) is 3.97. The summed E-state index contributed by atoms with van der Waals surface area (Å²) >= 11 is 0. The second kappa shape index (κ2) is 70.5. The predicted molar refractivity (Wildman–Crippen MR) is 75.1 cm³/mol. The molecule has 0 saturated carbocycles. The third-order valence-corrected chi connectivity index (χ3v) is 0.373. The van der Waals surface area contributed by atoms with E-state index in [1.54, 1.807) is 0 Å². The van der Waals surface area contributed by atoms with Crippen LogP contribution in [0.25, 0.3) is 0 Å². The van der Waals surface area contributed by atoms with Crippen LogP contribution >= 0.6 is 0 Å². The van der Waals surface area contributed by atoms with Crippen molar-refractivity contribution in [1.82, 2.24) is 0 Å². The Balaban J connectivity index is -0.0000000148. The number of hydrogen-bond acceptors (Lipinski definition) is 20. The van der Waals surface area contributed by atoms with Gasteiger partial charge in [0.2, 0.25) is 0 Å². The molecule has 190 valence electrons. The molecule has 0 aliphatic carbocycles. The quantitative estimate of drug-likeness (QED) is 0.0845. The molecule has 0 rings (SSSR count). The molecular formula is C5H15AlMgO25. The predicted octanol–water partition coefficient (Wildman–Crippen LogP) is -10.8. The molecule has 25 nitrogen and oxygen atoms in total. The standard InChI is InChI=1S/5CH2O4.Al.Mg.5H2O/c5*2-1(3)5-4;;;;;;;/h5*4H,(H,2,3);;;5*1H2/q;;;;;+3;+2;;;;;/p-5. The Morgan fingerprint density at radius 1 is 0.406 bits per heavy atom. The van der Waals surface area contributed by atoms with Gasteiger partial charge >= 0.3 is 40.4 Å². The molecule has 0 saturated heterocycles. The van der Waals surface area contributed by atoms with Gasteiger partial charge in [-0.3, -0.25) is 26.3 Å². The van der Waals surface area contributed by atoms with Crippen molar-refractivity contribution in [1.29, 1.82) is 0 Å². The molecule has 0 aliphatic rings. The van der Waals surface area contributed by atoms with E-state index in [-0.39, 0.29) is 67.8 Å². The van der Waals surface area contributed by atoms with Gasteiger partial charge in [-0.15, -0.1) is 0 Å². The van der Waals surface area contributed by atoms with E-state index < -0.39 is 30.8 Å². The van der Waals surface area contributed by atoms with Crippen molar-refractivity contribution in [3.05, 3.63) is 0 Å². The fraction of sp³-hybridized carbons (Fsp3) is 0. The molecule has 0 amide bonds. The van der Waals surface area contributed by atoms with Gasteiger partial charge in [0, 0.05) is 0 Å². The average molecular weight is 526 g/mol. The molecule has 0 atom stereocenters. The third-order valence-electron chi connectivity index (χ3n) is 0.373. The molecule has 0 fully saturated rings. The van der Waals surface area contributed by atoms with Crippen molar-refractivity contribution < 1.29 is 128 Å². The maximum absolute atomic E-state index is 8.78. The Morgan fingerprint density at radius 2 is 0.438 bits per heavy atom. The first kappa shape index (κ1) is 78.4. The molecule has 32 heavy (non-hydrogen) atoms. The minimum Gasteiger partial charge on any atom is -0.424 e. The maximum Gasteiger partial charge on any atom is 3.00 e. The van der Waals surface area contributed by atoms with E-state index in [2.05, 4.69) is 24.4 Å². The van der Waals surface area contributed by atoms with Gasteiger partial charge in [0.15, 0.2) is 0 Å². The smallest absolute Gasteiger partial charge is 0.424 e. The summed E-state index contributed by atoms with van der Waals surface area (Å²) in [6, 6.07) is 0. The number of carbonyl (C=O) groups excluding carboxylic acids is 5. The molecule has 0 radical (unpaired) electrons. The van der Waals surface area contributed by atoms with Crippen LogP contribution in [0.5, 0.6) is 0 Å². The van der Waals surface area contributed by atoms with Gasteiger partial charge in [0.1, 0.15) is 0 Å². The molecule has 0 aromatic heterocycles. The molecule has 0 aromatic rings. The zero-order valence-corrected chi connectivity index (χ0v) is 17.2. The molecule has 0 aliphatic heterocycles. The van der Waals surface area contributed by atoms with E-state index in [0.29, 0.717) is 0 Å². The molecule has 0 unspecified atom stereocenters. The first-order valence-electron chi connectivity index (χ1n) is 3.97. The van der Waals surface area contributed by atoms with Crippen molar-refractivity contribution in [3.8, 4) is 0 Å². The summed E-state index contributed by atoms with van der Waals surface area (Å²) in [5.41, 5.74) is 0. The Kier molecular flexibility index (Phi) is 173. The summed E-state index contributed by atoms with van der Waals surface area (Å²) in [6.07, 6.45) is -9.70. The minimum absolute atomic E-state index is 0. The molecule has 15 N–H and O–H groups in total. The molecule has 0 spiro atoms. The van der Waals surface area contributed by atoms with Crippen molar-refractivity contribution >= 4 is 71.2 Å². The molecular weight excluding hydrogens is 511 g/mol. The van der Waals surface area contributed by atoms with Gasteiger partial charge in [-0.25, -0.2) is 0 Å². The van der Waals surface area contributed by atoms with E-state index in [1.165, 1.54) is 0 Å². The van der Waals surface area contributed by atoms with E-state index in [0.717, 1.165) is 0 Å². The van der Waals surface area contributed by atoms with E-state index in [9.17, 15) is 0 Å². The number of rotatable bonds is 0. The first-order chi connectivity index (χ1) is 11.4. The van der Waals surface area contributed by atoms with Gasteiger partial charge in [-0.1, -0.05) is 0 Å². The average Bonchev–Trinajstić information content (AvgIpc) is 2.56. The Hall–Kier alpha value is -2.75. The molecule has 0 bridgehead atoms. The van der Waals surface area contributed by atoms with Gasteiger partial charge in [-0.05, 0) is 0 Å². The topological polar surface area (TPSA) is 505 Å². The van der Waals surface area contributed by atoms with Crippen LogP contribution in [-0.2, 0) is 24.4 Å². The van der Waals surface area contributed by atoms with Crippen LogP contribution < -0.4 is 25.5 Å². The van der Waals surface area contributed by atoms with E-state index in [4.69, 9.17) is 75.8 Å². The van der Waals surface area contributed by atoms with Crippen LogP contribution in [0.2, 0.25) is 0 Å². The SMILES string of the molecule is O.O.O.O.O.O=C([O-])OO.O=C([O-])OO.O=C([O-])OO.O=C([O-])OO.O=C([O-])OO.[Al+3].[Mg+2]. The summed E-state index contributed by atoms with van der Waals surface area (Å²) in [7, 11) is 0. The Labute approximate surface area is 199 Å². The van der Waals surface area contributed by atoms with E-state index in [1.807, 2.05) is 0 Å². The van der Waals surface area contributed by atoms with Gasteiger partial charge < -0.3 is 101 Å². The number of carbonyl (C=O) groups is 5. The van der Waals surface area contributed by atoms with Crippen molar-refractivity contribution in [2.75, 3.05) is 0 Å². The van der Waals surface area contributed by atoms with Gasteiger partial charge in [0.05, 0.1) is 0 Å². The summed E-state index contributed by atoms with van der Waals surface area (Å²) in [6.45, 7) is 0. The fourth-order valence-corrected chi connectivity index (χ4v) is 0. The second-order valence-electron chi connectivity index (χ2n) is 1.71. The maximum atomic E-state index is 8.78. The van der Waals surface area contributed by atoms with Crippen LogP contribution in [0.3, 0.4) is 0 Å². The number of hydrogen-bond donors (Lipinski definition) is 5. The van der Waals surface area contributed by atoms with Crippen LogP contribution in [0, 0.1) is 0 Å². The van der Waals surface area contributed by atoms with Crippen LogP contribution in [0.1, 0.15) is 0 Å². The largest absolute Gasteiger partial charge is 3.00 e. The molecule has 0 heterocycles. The zero-order chi connectivity index (χ0) is 21.4. The Bertz CT molecular complexity index is 290. The van der Waals surface area contributed by atoms with Crippen molar-refractivity contribution in [2.45, 2.75) is 0 Å². The molecule has 27 heteroatoms. The fourth-order valence-electron chi connectivity index (χ4n) is 0. The Morgan fingerprint density at radius 3 is 0.438 bits per heavy atom. The zero-order valence-electron chi connectivity index (χ0n) is 14.6. The monoisotopic (exact) mass is 526 g/mol. The summed E-state index contributed by atoms with van der Waals surface area (Å²) in [5.74, 6) is 0. The van der Waals surface area contributed by atoms with E-state index >= 15 is 0 Å². The van der Waals surface area contributed by atoms with Crippen LogP contribution in [0.4, 0.5) is 24.0 Å². The van der Waals surface area contributed by atoms with Gasteiger partial charge in [-0.2, -0.15) is 0 Å². The van der Waals surface area contributed by atoms with Gasteiger partial charge in [0.25, 0.3) is 30.8 Å². The number of carboxylic acid groups (broad SMARTS) is 5. The normalized spacial score (nSPS) is 5.16. The summed E-state index contributed by atoms with van der Waals surface area (Å²) in [4.78, 5) is 56.7. The second-order valence-corrected chi connectivity index (χ2v) is 1.71.